The number of nitrogens with two attached hydrogens (primary N) is 1. The minimum atomic E-state index is -0.737. The molecule has 1 atom stereocenters. The summed E-state index contributed by atoms with van der Waals surface area (Å²) in [5, 5.41) is 15.3. The summed E-state index contributed by atoms with van der Waals surface area (Å²) in [5.74, 6) is 0.784. The smallest absolute Gasteiger partial charge is 0.350 e. The van der Waals surface area contributed by atoms with Crippen molar-refractivity contribution in [2.24, 2.45) is 5.73 Å². The lowest BCUT2D eigenvalue weighted by atomic mass is 9.98. The van der Waals surface area contributed by atoms with Gasteiger partial charge in [-0.25, -0.2) is 19.2 Å². The van der Waals surface area contributed by atoms with Crippen molar-refractivity contribution in [2.75, 3.05) is 12.1 Å². The number of benzene rings is 2. The van der Waals surface area contributed by atoms with Crippen LogP contribution >= 0.6 is 0 Å². The summed E-state index contributed by atoms with van der Waals surface area (Å²) >= 11 is 0. The molecule has 5 N–H and O–H groups in total. The van der Waals surface area contributed by atoms with E-state index in [1.54, 1.807) is 36.4 Å². The zero-order chi connectivity index (χ0) is 24.4. The molecule has 11 nitrogen and oxygen atoms in total. The fourth-order valence-corrected chi connectivity index (χ4v) is 3.82. The number of halogens is 1. The van der Waals surface area contributed by atoms with Gasteiger partial charge in [-0.1, -0.05) is 0 Å². The monoisotopic (exact) mass is 476 g/mol. The highest BCUT2D eigenvalue weighted by molar-refractivity contribution is 5.95. The number of hydrogen-bond acceptors (Lipinski definition) is 8. The van der Waals surface area contributed by atoms with Gasteiger partial charge in [0.15, 0.2) is 12.6 Å². The van der Waals surface area contributed by atoms with E-state index in [2.05, 4.69) is 25.4 Å². The van der Waals surface area contributed by atoms with E-state index in [4.69, 9.17) is 20.6 Å². The number of alkyl halides is 1. The summed E-state index contributed by atoms with van der Waals surface area (Å²) in [4.78, 5) is 23.6. The summed E-state index contributed by atoms with van der Waals surface area (Å²) in [6.07, 6.45) is 3.01. The normalized spacial score (nSPS) is 13.5. The maximum Gasteiger partial charge on any atom is 0.350 e. The Morgan fingerprint density at radius 2 is 2.03 bits per heavy atom. The topological polar surface area (TPSA) is 157 Å². The van der Waals surface area contributed by atoms with Gasteiger partial charge in [-0.2, -0.15) is 0 Å². The third-order valence-corrected chi connectivity index (χ3v) is 5.44. The summed E-state index contributed by atoms with van der Waals surface area (Å²) in [7, 11) is 0. The molecule has 0 saturated heterocycles. The van der Waals surface area contributed by atoms with Gasteiger partial charge in [0.2, 0.25) is 0 Å². The molecular formula is C23H21FN8O3. The van der Waals surface area contributed by atoms with Crippen LogP contribution in [0, 0.1) is 5.41 Å². The molecule has 0 bridgehead atoms. The highest BCUT2D eigenvalue weighted by Crippen LogP contribution is 2.34. The number of nitrogen functional groups attached to an aromatic ring is 1. The van der Waals surface area contributed by atoms with E-state index in [9.17, 15) is 9.18 Å². The van der Waals surface area contributed by atoms with Gasteiger partial charge in [0.05, 0.1) is 6.61 Å². The van der Waals surface area contributed by atoms with Crippen molar-refractivity contribution in [3.05, 3.63) is 93.4 Å². The van der Waals surface area contributed by atoms with Crippen LogP contribution < -0.4 is 21.5 Å². The molecular weight excluding hydrogens is 455 g/mol. The lowest BCUT2D eigenvalue weighted by Crippen LogP contribution is -2.18. The van der Waals surface area contributed by atoms with Crippen molar-refractivity contribution in [2.45, 2.75) is 19.3 Å². The van der Waals surface area contributed by atoms with Crippen molar-refractivity contribution in [3.63, 3.8) is 0 Å². The van der Waals surface area contributed by atoms with Crippen LogP contribution in [0.1, 0.15) is 34.1 Å². The van der Waals surface area contributed by atoms with Crippen LogP contribution in [0.2, 0.25) is 0 Å². The molecule has 5 rings (SSSR count). The second-order valence-corrected chi connectivity index (χ2v) is 7.76. The molecule has 1 unspecified atom stereocenters. The molecule has 35 heavy (non-hydrogen) atoms. The van der Waals surface area contributed by atoms with E-state index in [0.717, 1.165) is 4.68 Å². The maximum atomic E-state index is 13.9. The molecule has 0 fully saturated rings. The van der Waals surface area contributed by atoms with Crippen LogP contribution in [-0.4, -0.2) is 37.4 Å². The molecule has 12 heteroatoms. The van der Waals surface area contributed by atoms with E-state index in [1.165, 1.54) is 12.4 Å². The van der Waals surface area contributed by atoms with Crippen molar-refractivity contribution in [3.8, 4) is 11.7 Å². The third kappa shape index (κ3) is 4.46. The molecule has 2 aromatic carbocycles. The zero-order valence-corrected chi connectivity index (χ0v) is 18.4. The van der Waals surface area contributed by atoms with E-state index in [0.29, 0.717) is 33.7 Å². The van der Waals surface area contributed by atoms with Gasteiger partial charge >= 0.3 is 5.69 Å². The molecule has 0 saturated carbocycles. The first-order chi connectivity index (χ1) is 17.0. The van der Waals surface area contributed by atoms with Gasteiger partial charge in [-0.3, -0.25) is 10.4 Å². The maximum absolute atomic E-state index is 13.9. The zero-order valence-electron chi connectivity index (χ0n) is 18.4. The predicted octanol–water partition coefficient (Wildman–Crippen LogP) is 2.17. The number of hydrogen-bond donors (Lipinski definition) is 4. The van der Waals surface area contributed by atoms with Crippen LogP contribution in [-0.2, 0) is 18.0 Å². The van der Waals surface area contributed by atoms with Crippen molar-refractivity contribution < 1.29 is 13.9 Å². The first kappa shape index (κ1) is 22.2. The Bertz CT molecular complexity index is 1400. The van der Waals surface area contributed by atoms with Gasteiger partial charge in [0, 0.05) is 34.8 Å². The molecule has 4 aromatic rings. The van der Waals surface area contributed by atoms with E-state index in [-0.39, 0.29) is 31.0 Å². The average Bonchev–Trinajstić information content (AvgIpc) is 3.28. The number of nitrogens with one attached hydrogen (secondary N) is 3. The molecule has 2 aromatic heterocycles. The van der Waals surface area contributed by atoms with Crippen LogP contribution in [0.5, 0.6) is 5.75 Å². The van der Waals surface area contributed by atoms with Gasteiger partial charge in [-0.15, -0.1) is 9.78 Å². The number of aromatic amines is 1. The Kier molecular flexibility index (Phi) is 5.94. The van der Waals surface area contributed by atoms with Gasteiger partial charge < -0.3 is 20.5 Å². The summed E-state index contributed by atoms with van der Waals surface area (Å²) in [5.41, 5.74) is 7.95. The average molecular weight is 476 g/mol. The Morgan fingerprint density at radius 3 is 2.74 bits per heavy atom. The van der Waals surface area contributed by atoms with Crippen molar-refractivity contribution in [1.82, 2.24) is 24.7 Å². The molecule has 0 radical (unpaired) electrons. The fraction of sp³-hybridized carbons (Fsp3) is 0.174. The molecule has 0 amide bonds. The second kappa shape index (κ2) is 9.35. The van der Waals surface area contributed by atoms with Crippen molar-refractivity contribution in [1.29, 1.82) is 5.41 Å². The molecule has 0 aliphatic carbocycles. The number of rotatable bonds is 7. The number of amidine groups is 1. The third-order valence-electron chi connectivity index (χ3n) is 5.44. The summed E-state index contributed by atoms with van der Waals surface area (Å²) in [6.45, 7) is -0.420. The first-order valence-electron chi connectivity index (χ1n) is 10.6. The van der Waals surface area contributed by atoms with Crippen molar-refractivity contribution >= 4 is 11.5 Å². The highest BCUT2D eigenvalue weighted by atomic mass is 19.1. The Balaban J connectivity index is 1.60. The van der Waals surface area contributed by atoms with E-state index >= 15 is 0 Å². The standard InChI is InChI=1S/C23H21FN8O3/c24-10-15-8-14(9-16-11-34-12-35-19(15)16)18(29-17-4-2-13(3-5-17)20(25)26)21-30-23(33)32(31-21)22-27-6-1-7-28-22/h1-9,18,29H,10-12H2,(H3,25,26)(H,30,31,33). The van der Waals surface area contributed by atoms with E-state index < -0.39 is 18.4 Å². The highest BCUT2D eigenvalue weighted by Gasteiger charge is 2.25. The number of ether oxygens (including phenoxy) is 2. The largest absolute Gasteiger partial charge is 0.467 e. The molecule has 178 valence electrons. The number of H-pyrrole nitrogens is 1. The Labute approximate surface area is 198 Å². The molecule has 0 spiro atoms. The van der Waals surface area contributed by atoms with Gasteiger partial charge in [0.25, 0.3) is 5.95 Å². The van der Waals surface area contributed by atoms with Crippen LogP contribution in [0.3, 0.4) is 0 Å². The number of fused-ring (bicyclic) bond motifs is 1. The Morgan fingerprint density at radius 1 is 1.26 bits per heavy atom. The molecule has 1 aliphatic rings. The van der Waals surface area contributed by atoms with Crippen LogP contribution in [0.4, 0.5) is 10.1 Å². The summed E-state index contributed by atoms with van der Waals surface area (Å²) < 4.78 is 25.9. The van der Waals surface area contributed by atoms with E-state index in [1.807, 2.05) is 6.07 Å². The van der Waals surface area contributed by atoms with Crippen LogP contribution in [0.25, 0.3) is 5.95 Å². The molecule has 3 heterocycles. The predicted molar refractivity (Wildman–Crippen MR) is 124 cm³/mol. The number of anilines is 1. The van der Waals surface area contributed by atoms with Gasteiger partial charge in [0.1, 0.15) is 24.3 Å². The van der Waals surface area contributed by atoms with Gasteiger partial charge in [-0.05, 0) is 48.0 Å². The lowest BCUT2D eigenvalue weighted by molar-refractivity contribution is -0.0174. The van der Waals surface area contributed by atoms with Crippen LogP contribution in [0.15, 0.2) is 59.7 Å². The first-order valence-corrected chi connectivity index (χ1v) is 10.6. The second-order valence-electron chi connectivity index (χ2n) is 7.76. The quantitative estimate of drug-likeness (QED) is 0.233. The lowest BCUT2D eigenvalue weighted by Gasteiger charge is -2.24. The minimum absolute atomic E-state index is 0.0539. The fourth-order valence-electron chi connectivity index (χ4n) is 3.82. The number of nitrogens with zero attached hydrogens (tertiary/aromatic N) is 4. The minimum Gasteiger partial charge on any atom is -0.467 e. The molecule has 1 aliphatic heterocycles. The summed E-state index contributed by atoms with van der Waals surface area (Å²) in [6, 6.07) is 11.3. The SMILES string of the molecule is N=C(N)c1ccc(NC(c2cc(CF)c3c(c2)COCO3)c2nn(-c3ncccn3)c(=O)[nH]2)cc1. The number of aromatic nitrogens is 5. The Hall–Kier alpha value is -4.58.